The maximum Gasteiger partial charge on any atom is 0.224 e. The number of nitrogens with zero attached hydrogens (tertiary/aromatic N) is 3. The van der Waals surface area contributed by atoms with Crippen molar-refractivity contribution >= 4 is 11.8 Å². The first kappa shape index (κ1) is 17.6. The smallest absolute Gasteiger partial charge is 0.224 e. The molecule has 1 fully saturated rings. The van der Waals surface area contributed by atoms with Crippen molar-refractivity contribution < 1.29 is 4.74 Å². The zero-order valence-electron chi connectivity index (χ0n) is 15.1. The maximum absolute atomic E-state index is 5.37. The number of hydrogen-bond acceptors (Lipinski definition) is 6. The minimum Gasteiger partial charge on any atom is -0.379 e. The predicted molar refractivity (Wildman–Crippen MR) is 101 cm³/mol. The number of aromatic nitrogens is 2. The topological polar surface area (TPSA) is 62.3 Å². The Kier molecular flexibility index (Phi) is 6.19. The predicted octanol–water partition coefficient (Wildman–Crippen LogP) is 2.45. The van der Waals surface area contributed by atoms with Gasteiger partial charge in [-0.15, -0.1) is 0 Å². The Morgan fingerprint density at radius 2 is 1.88 bits per heavy atom. The summed E-state index contributed by atoms with van der Waals surface area (Å²) in [6, 6.07) is 10.4. The van der Waals surface area contributed by atoms with Crippen molar-refractivity contribution in [2.24, 2.45) is 0 Å². The summed E-state index contributed by atoms with van der Waals surface area (Å²) < 4.78 is 5.37. The fraction of sp³-hybridized carbons (Fsp3) is 0.474. The fourth-order valence-electron chi connectivity index (χ4n) is 2.88. The molecule has 0 saturated carbocycles. The van der Waals surface area contributed by atoms with Crippen LogP contribution in [0.4, 0.5) is 11.8 Å². The number of anilines is 2. The standard InChI is InChI=1S/C19H27N5O/c1-15-5-3-4-6-17(15)14-21-18-13-16(2)22-19(23-18)20-7-8-24-9-11-25-12-10-24/h3-6,13H,7-12,14H2,1-2H3,(H2,20,21,22,23). The molecule has 0 bridgehead atoms. The van der Waals surface area contributed by atoms with Crippen LogP contribution in [0.1, 0.15) is 16.8 Å². The number of aryl methyl sites for hydroxylation is 2. The second-order valence-corrected chi connectivity index (χ2v) is 6.38. The summed E-state index contributed by atoms with van der Waals surface area (Å²) in [6.45, 7) is 10.3. The molecule has 0 atom stereocenters. The lowest BCUT2D eigenvalue weighted by Gasteiger charge is -2.26. The summed E-state index contributed by atoms with van der Waals surface area (Å²) in [5, 5.41) is 6.74. The van der Waals surface area contributed by atoms with E-state index in [4.69, 9.17) is 4.74 Å². The molecule has 0 amide bonds. The molecule has 25 heavy (non-hydrogen) atoms. The summed E-state index contributed by atoms with van der Waals surface area (Å²) >= 11 is 0. The molecule has 6 heteroatoms. The third kappa shape index (κ3) is 5.41. The highest BCUT2D eigenvalue weighted by Gasteiger charge is 2.10. The van der Waals surface area contributed by atoms with Gasteiger partial charge in [0.25, 0.3) is 0 Å². The van der Waals surface area contributed by atoms with Gasteiger partial charge in [0.05, 0.1) is 13.2 Å². The number of rotatable bonds is 7. The average Bonchev–Trinajstić information content (AvgIpc) is 2.62. The second-order valence-electron chi connectivity index (χ2n) is 6.38. The van der Waals surface area contributed by atoms with Crippen LogP contribution in [0.25, 0.3) is 0 Å². The Bertz CT molecular complexity index is 685. The first-order valence-corrected chi connectivity index (χ1v) is 8.89. The molecule has 134 valence electrons. The zero-order chi connectivity index (χ0) is 17.5. The van der Waals surface area contributed by atoms with E-state index < -0.39 is 0 Å². The van der Waals surface area contributed by atoms with Crippen LogP contribution in [0.15, 0.2) is 30.3 Å². The Balaban J connectivity index is 1.53. The van der Waals surface area contributed by atoms with E-state index in [0.29, 0.717) is 5.95 Å². The van der Waals surface area contributed by atoms with Gasteiger partial charge >= 0.3 is 0 Å². The van der Waals surface area contributed by atoms with Crippen molar-refractivity contribution in [3.63, 3.8) is 0 Å². The third-order valence-electron chi connectivity index (χ3n) is 4.39. The van der Waals surface area contributed by atoms with Crippen LogP contribution in [-0.4, -0.2) is 54.3 Å². The maximum atomic E-state index is 5.37. The minimum atomic E-state index is 0.681. The largest absolute Gasteiger partial charge is 0.379 e. The summed E-state index contributed by atoms with van der Waals surface area (Å²) in [4.78, 5) is 11.5. The van der Waals surface area contributed by atoms with Gasteiger partial charge in [-0.05, 0) is 25.0 Å². The van der Waals surface area contributed by atoms with E-state index >= 15 is 0 Å². The van der Waals surface area contributed by atoms with Gasteiger partial charge in [-0.3, -0.25) is 4.90 Å². The van der Waals surface area contributed by atoms with E-state index in [-0.39, 0.29) is 0 Å². The molecule has 2 N–H and O–H groups in total. The molecular formula is C19H27N5O. The molecule has 1 saturated heterocycles. The van der Waals surface area contributed by atoms with Crippen LogP contribution < -0.4 is 10.6 Å². The monoisotopic (exact) mass is 341 g/mol. The Labute approximate surface area is 149 Å². The first-order chi connectivity index (χ1) is 12.2. The Morgan fingerprint density at radius 1 is 1.08 bits per heavy atom. The van der Waals surface area contributed by atoms with Crippen LogP contribution >= 0.6 is 0 Å². The number of ether oxygens (including phenoxy) is 1. The summed E-state index contributed by atoms with van der Waals surface area (Å²) in [7, 11) is 0. The molecule has 3 rings (SSSR count). The van der Waals surface area contributed by atoms with Crippen molar-refractivity contribution in [3.05, 3.63) is 47.2 Å². The van der Waals surface area contributed by atoms with E-state index in [0.717, 1.165) is 57.4 Å². The van der Waals surface area contributed by atoms with Crippen LogP contribution in [0.5, 0.6) is 0 Å². The van der Waals surface area contributed by atoms with E-state index in [1.54, 1.807) is 0 Å². The molecule has 1 aliphatic rings. The van der Waals surface area contributed by atoms with Crippen molar-refractivity contribution in [3.8, 4) is 0 Å². The number of nitrogens with one attached hydrogen (secondary N) is 2. The molecule has 1 aromatic carbocycles. The highest BCUT2D eigenvalue weighted by Crippen LogP contribution is 2.13. The summed E-state index contributed by atoms with van der Waals surface area (Å²) in [5.74, 6) is 1.53. The molecule has 2 heterocycles. The van der Waals surface area contributed by atoms with Gasteiger partial charge in [0.2, 0.25) is 5.95 Å². The normalized spacial score (nSPS) is 15.1. The van der Waals surface area contributed by atoms with Crippen molar-refractivity contribution in [1.82, 2.24) is 14.9 Å². The zero-order valence-corrected chi connectivity index (χ0v) is 15.1. The lowest BCUT2D eigenvalue weighted by atomic mass is 10.1. The Morgan fingerprint density at radius 3 is 2.68 bits per heavy atom. The van der Waals surface area contributed by atoms with E-state index in [1.807, 2.05) is 13.0 Å². The van der Waals surface area contributed by atoms with Gasteiger partial charge in [0, 0.05) is 44.5 Å². The molecule has 1 aromatic heterocycles. The Hall–Kier alpha value is -2.18. The van der Waals surface area contributed by atoms with Gasteiger partial charge in [-0.25, -0.2) is 4.98 Å². The average molecular weight is 341 g/mol. The highest BCUT2D eigenvalue weighted by atomic mass is 16.5. The van der Waals surface area contributed by atoms with Gasteiger partial charge < -0.3 is 15.4 Å². The molecule has 0 unspecified atom stereocenters. The minimum absolute atomic E-state index is 0.681. The van der Waals surface area contributed by atoms with Crippen LogP contribution in [-0.2, 0) is 11.3 Å². The third-order valence-corrected chi connectivity index (χ3v) is 4.39. The molecule has 6 nitrogen and oxygen atoms in total. The SMILES string of the molecule is Cc1cc(NCc2ccccc2C)nc(NCCN2CCOCC2)n1. The molecule has 1 aliphatic heterocycles. The highest BCUT2D eigenvalue weighted by molar-refractivity contribution is 5.43. The lowest BCUT2D eigenvalue weighted by molar-refractivity contribution is 0.0398. The van der Waals surface area contributed by atoms with Gasteiger partial charge in [-0.1, -0.05) is 24.3 Å². The second kappa shape index (κ2) is 8.78. The lowest BCUT2D eigenvalue weighted by Crippen LogP contribution is -2.39. The van der Waals surface area contributed by atoms with E-state index in [9.17, 15) is 0 Å². The fourth-order valence-corrected chi connectivity index (χ4v) is 2.88. The van der Waals surface area contributed by atoms with Crippen molar-refractivity contribution in [2.45, 2.75) is 20.4 Å². The molecule has 0 aliphatic carbocycles. The van der Waals surface area contributed by atoms with Crippen LogP contribution in [0.3, 0.4) is 0 Å². The van der Waals surface area contributed by atoms with Gasteiger partial charge in [0.15, 0.2) is 0 Å². The summed E-state index contributed by atoms with van der Waals surface area (Å²) in [6.07, 6.45) is 0. The van der Waals surface area contributed by atoms with Gasteiger partial charge in [0.1, 0.15) is 5.82 Å². The number of hydrogen-bond donors (Lipinski definition) is 2. The van der Waals surface area contributed by atoms with E-state index in [1.165, 1.54) is 11.1 Å². The van der Waals surface area contributed by atoms with Crippen LogP contribution in [0, 0.1) is 13.8 Å². The van der Waals surface area contributed by atoms with Crippen molar-refractivity contribution in [2.75, 3.05) is 50.0 Å². The first-order valence-electron chi connectivity index (χ1n) is 8.89. The molecule has 2 aromatic rings. The van der Waals surface area contributed by atoms with Crippen LogP contribution in [0.2, 0.25) is 0 Å². The molecular weight excluding hydrogens is 314 g/mol. The molecule has 0 radical (unpaired) electrons. The van der Waals surface area contributed by atoms with Gasteiger partial charge in [-0.2, -0.15) is 4.98 Å². The number of benzene rings is 1. The van der Waals surface area contributed by atoms with E-state index in [2.05, 4.69) is 56.7 Å². The van der Waals surface area contributed by atoms with Crippen molar-refractivity contribution in [1.29, 1.82) is 0 Å². The molecule has 0 spiro atoms. The number of morpholine rings is 1. The quantitative estimate of drug-likeness (QED) is 0.807. The summed E-state index contributed by atoms with van der Waals surface area (Å²) in [5.41, 5.74) is 3.52.